The molecule has 0 saturated carbocycles. The van der Waals surface area contributed by atoms with Gasteiger partial charge in [0.25, 0.3) is 0 Å². The Hall–Kier alpha value is -0.170. The molecule has 2 heterocycles. The quantitative estimate of drug-likeness (QED) is 0.814. The summed E-state index contributed by atoms with van der Waals surface area (Å²) in [6, 6.07) is 0. The predicted octanol–water partition coefficient (Wildman–Crippen LogP) is 0.817. The van der Waals surface area contributed by atoms with Gasteiger partial charge in [0.2, 0.25) is 10.0 Å². The molecule has 2 fully saturated rings. The van der Waals surface area contributed by atoms with Crippen LogP contribution in [0.3, 0.4) is 0 Å². The van der Waals surface area contributed by atoms with E-state index in [0.29, 0.717) is 32.2 Å². The van der Waals surface area contributed by atoms with Crippen LogP contribution in [0.15, 0.2) is 0 Å². The van der Waals surface area contributed by atoms with Crippen molar-refractivity contribution in [1.29, 1.82) is 0 Å². The molecule has 1 N–H and O–H groups in total. The Morgan fingerprint density at radius 3 is 2.58 bits per heavy atom. The molecule has 2 aliphatic heterocycles. The first kappa shape index (κ1) is 15.2. The highest BCUT2D eigenvalue weighted by molar-refractivity contribution is 7.89. The smallest absolute Gasteiger partial charge is 0.219 e. The number of rotatable bonds is 5. The normalized spacial score (nSPS) is 27.5. The van der Waals surface area contributed by atoms with Crippen LogP contribution in [0.25, 0.3) is 0 Å². The zero-order valence-corrected chi connectivity index (χ0v) is 12.6. The van der Waals surface area contributed by atoms with Crippen molar-refractivity contribution < 1.29 is 13.2 Å². The summed E-state index contributed by atoms with van der Waals surface area (Å²) in [5.41, 5.74) is 0. The van der Waals surface area contributed by atoms with Crippen molar-refractivity contribution in [2.75, 3.05) is 39.4 Å². The Labute approximate surface area is 116 Å². The maximum absolute atomic E-state index is 12.5. The molecule has 0 bridgehead atoms. The molecule has 0 spiro atoms. The molecule has 1 atom stereocenters. The third kappa shape index (κ3) is 3.90. The van der Waals surface area contributed by atoms with Crippen LogP contribution in [-0.2, 0) is 14.8 Å². The Morgan fingerprint density at radius 1 is 1.26 bits per heavy atom. The van der Waals surface area contributed by atoms with Crippen LogP contribution in [0.2, 0.25) is 0 Å². The predicted molar refractivity (Wildman–Crippen MR) is 75.6 cm³/mol. The number of nitrogens with zero attached hydrogens (tertiary/aromatic N) is 1. The van der Waals surface area contributed by atoms with E-state index in [-0.39, 0.29) is 5.25 Å². The van der Waals surface area contributed by atoms with E-state index in [1.807, 2.05) is 0 Å². The monoisotopic (exact) mass is 290 g/mol. The molecular formula is C13H26N2O3S. The molecule has 6 heteroatoms. The lowest BCUT2D eigenvalue weighted by Crippen LogP contribution is -2.47. The molecular weight excluding hydrogens is 264 g/mol. The largest absolute Gasteiger partial charge is 0.380 e. The van der Waals surface area contributed by atoms with Crippen LogP contribution >= 0.6 is 0 Å². The molecule has 5 nitrogen and oxygen atoms in total. The zero-order valence-electron chi connectivity index (χ0n) is 11.8. The third-order valence-corrected chi connectivity index (χ3v) is 6.46. The number of hydrogen-bond acceptors (Lipinski definition) is 4. The lowest BCUT2D eigenvalue weighted by Gasteiger charge is -2.34. The molecule has 2 aliphatic rings. The fourth-order valence-corrected chi connectivity index (χ4v) is 4.75. The molecule has 112 valence electrons. The summed E-state index contributed by atoms with van der Waals surface area (Å²) in [4.78, 5) is 0. The van der Waals surface area contributed by atoms with Gasteiger partial charge < -0.3 is 10.1 Å². The van der Waals surface area contributed by atoms with E-state index >= 15 is 0 Å². The molecule has 0 amide bonds. The lowest BCUT2D eigenvalue weighted by atomic mass is 9.98. The van der Waals surface area contributed by atoms with E-state index in [2.05, 4.69) is 12.2 Å². The Bertz CT molecular complexity index is 358. The molecule has 2 saturated heterocycles. The number of nitrogens with one attached hydrogen (secondary N) is 1. The molecule has 19 heavy (non-hydrogen) atoms. The van der Waals surface area contributed by atoms with Crippen LogP contribution in [0.4, 0.5) is 0 Å². The minimum atomic E-state index is -3.14. The standard InChI is InChI=1S/C13H26N2O3S/c1-2-14-10-12-5-7-15(8-6-12)19(16,17)13-4-3-9-18-11-13/h12-14H,2-11H2,1H3. The van der Waals surface area contributed by atoms with Gasteiger partial charge in [-0.05, 0) is 44.7 Å². The van der Waals surface area contributed by atoms with Gasteiger partial charge in [0.15, 0.2) is 0 Å². The summed E-state index contributed by atoms with van der Waals surface area (Å²) in [6.45, 7) is 6.53. The van der Waals surface area contributed by atoms with Crippen molar-refractivity contribution in [2.45, 2.75) is 37.9 Å². The van der Waals surface area contributed by atoms with E-state index in [9.17, 15) is 8.42 Å². The van der Waals surface area contributed by atoms with Crippen molar-refractivity contribution in [3.05, 3.63) is 0 Å². The second-order valence-corrected chi connectivity index (χ2v) is 7.75. The van der Waals surface area contributed by atoms with Crippen molar-refractivity contribution in [2.24, 2.45) is 5.92 Å². The second kappa shape index (κ2) is 7.02. The van der Waals surface area contributed by atoms with Gasteiger partial charge in [-0.25, -0.2) is 12.7 Å². The summed E-state index contributed by atoms with van der Waals surface area (Å²) in [5, 5.41) is 3.03. The molecule has 2 rings (SSSR count). The van der Waals surface area contributed by atoms with Crippen molar-refractivity contribution in [3.8, 4) is 0 Å². The summed E-state index contributed by atoms with van der Waals surface area (Å²) in [5.74, 6) is 0.619. The van der Waals surface area contributed by atoms with Crippen LogP contribution < -0.4 is 5.32 Å². The van der Waals surface area contributed by atoms with Crippen molar-refractivity contribution >= 4 is 10.0 Å². The highest BCUT2D eigenvalue weighted by atomic mass is 32.2. The maximum atomic E-state index is 12.5. The molecule has 0 radical (unpaired) electrons. The van der Waals surface area contributed by atoms with Crippen LogP contribution in [-0.4, -0.2) is 57.4 Å². The van der Waals surface area contributed by atoms with Gasteiger partial charge in [0.1, 0.15) is 0 Å². The SMILES string of the molecule is CCNCC1CCN(S(=O)(=O)C2CCCOC2)CC1. The average molecular weight is 290 g/mol. The van der Waals surface area contributed by atoms with E-state index in [1.54, 1.807) is 4.31 Å². The molecule has 1 unspecified atom stereocenters. The highest BCUT2D eigenvalue weighted by Crippen LogP contribution is 2.24. The fourth-order valence-electron chi connectivity index (χ4n) is 2.87. The van der Waals surface area contributed by atoms with Gasteiger partial charge >= 0.3 is 0 Å². The van der Waals surface area contributed by atoms with Crippen LogP contribution in [0, 0.1) is 5.92 Å². The summed E-state index contributed by atoms with van der Waals surface area (Å²) in [7, 11) is -3.14. The minimum Gasteiger partial charge on any atom is -0.380 e. The van der Waals surface area contributed by atoms with Gasteiger partial charge in [-0.3, -0.25) is 0 Å². The number of sulfonamides is 1. The first-order valence-corrected chi connectivity index (χ1v) is 8.92. The molecule has 0 aromatic heterocycles. The third-order valence-electron chi connectivity index (χ3n) is 4.16. The van der Waals surface area contributed by atoms with Crippen LogP contribution in [0.5, 0.6) is 0 Å². The molecule has 0 aromatic rings. The summed E-state index contributed by atoms with van der Waals surface area (Å²) >= 11 is 0. The van der Waals surface area contributed by atoms with E-state index in [0.717, 1.165) is 38.8 Å². The molecule has 0 aromatic carbocycles. The molecule has 0 aliphatic carbocycles. The first-order chi connectivity index (χ1) is 9.14. The summed E-state index contributed by atoms with van der Waals surface area (Å²) in [6.07, 6.45) is 3.56. The van der Waals surface area contributed by atoms with E-state index < -0.39 is 10.0 Å². The average Bonchev–Trinajstić information content (AvgIpc) is 2.46. The van der Waals surface area contributed by atoms with Gasteiger partial charge in [-0.15, -0.1) is 0 Å². The summed E-state index contributed by atoms with van der Waals surface area (Å²) < 4.78 is 32.0. The first-order valence-electron chi connectivity index (χ1n) is 7.42. The Morgan fingerprint density at radius 2 is 2.00 bits per heavy atom. The highest BCUT2D eigenvalue weighted by Gasteiger charge is 2.35. The maximum Gasteiger partial charge on any atom is 0.219 e. The zero-order chi connectivity index (χ0) is 13.7. The van der Waals surface area contributed by atoms with E-state index in [1.165, 1.54) is 0 Å². The van der Waals surface area contributed by atoms with Gasteiger partial charge in [0.05, 0.1) is 11.9 Å². The topological polar surface area (TPSA) is 58.6 Å². The van der Waals surface area contributed by atoms with Gasteiger partial charge in [-0.2, -0.15) is 0 Å². The van der Waals surface area contributed by atoms with Crippen molar-refractivity contribution in [1.82, 2.24) is 9.62 Å². The number of ether oxygens (including phenoxy) is 1. The number of hydrogen-bond donors (Lipinski definition) is 1. The fraction of sp³-hybridized carbons (Fsp3) is 1.00. The number of piperidine rings is 1. The van der Waals surface area contributed by atoms with Crippen molar-refractivity contribution in [3.63, 3.8) is 0 Å². The minimum absolute atomic E-state index is 0.313. The van der Waals surface area contributed by atoms with Gasteiger partial charge in [0, 0.05) is 19.7 Å². The van der Waals surface area contributed by atoms with Crippen LogP contribution in [0.1, 0.15) is 32.6 Å². The Balaban J connectivity index is 1.85. The Kier molecular flexibility index (Phi) is 5.62. The lowest BCUT2D eigenvalue weighted by molar-refractivity contribution is 0.0968. The van der Waals surface area contributed by atoms with E-state index in [4.69, 9.17) is 4.74 Å². The second-order valence-electron chi connectivity index (χ2n) is 5.53. The van der Waals surface area contributed by atoms with Gasteiger partial charge in [-0.1, -0.05) is 6.92 Å².